The minimum Gasteiger partial charge on any atom is -0.345 e. The summed E-state index contributed by atoms with van der Waals surface area (Å²) in [7, 11) is 0. The van der Waals surface area contributed by atoms with E-state index in [1.807, 2.05) is 29.4 Å². The van der Waals surface area contributed by atoms with Gasteiger partial charge in [-0.05, 0) is 17.7 Å². The minimum atomic E-state index is 0.300. The Morgan fingerprint density at radius 2 is 2.29 bits per heavy atom. The molecule has 1 saturated heterocycles. The van der Waals surface area contributed by atoms with Crippen LogP contribution >= 0.6 is 46.7 Å². The van der Waals surface area contributed by atoms with Crippen molar-refractivity contribution in [1.29, 1.82) is 5.26 Å². The van der Waals surface area contributed by atoms with E-state index in [0.717, 1.165) is 17.1 Å². The minimum absolute atomic E-state index is 0.300. The highest BCUT2D eigenvalue weighted by Crippen LogP contribution is 2.53. The molecule has 1 atom stereocenters. The van der Waals surface area contributed by atoms with Gasteiger partial charge in [-0.1, -0.05) is 29.3 Å². The smallest absolute Gasteiger partial charge is 0.131 e. The predicted molar refractivity (Wildman–Crippen MR) is 90.9 cm³/mol. The van der Waals surface area contributed by atoms with Crippen molar-refractivity contribution in [3.8, 4) is 6.07 Å². The fraction of sp³-hybridized carbons (Fsp3) is 0.214. The molecule has 1 aromatic rings. The molecule has 0 unspecified atom stereocenters. The lowest BCUT2D eigenvalue weighted by molar-refractivity contribution is 0.525. The van der Waals surface area contributed by atoms with Crippen LogP contribution in [-0.2, 0) is 0 Å². The van der Waals surface area contributed by atoms with Crippen LogP contribution in [0.2, 0.25) is 10.0 Å². The summed E-state index contributed by atoms with van der Waals surface area (Å²) in [5.41, 5.74) is 1.10. The molecule has 2 heterocycles. The van der Waals surface area contributed by atoms with Gasteiger partial charge in [0, 0.05) is 33.4 Å². The summed E-state index contributed by atoms with van der Waals surface area (Å²) in [4.78, 5) is 1.92. The second-order valence-corrected chi connectivity index (χ2v) is 7.81. The lowest BCUT2D eigenvalue weighted by atomic mass is 10.2. The van der Waals surface area contributed by atoms with E-state index in [9.17, 15) is 0 Å². The highest BCUT2D eigenvalue weighted by atomic mass is 35.5. The van der Waals surface area contributed by atoms with Crippen molar-refractivity contribution in [2.24, 2.45) is 0 Å². The predicted octanol–water partition coefficient (Wildman–Crippen LogP) is 4.54. The molecule has 0 amide bonds. The molecule has 0 saturated carbocycles. The van der Waals surface area contributed by atoms with E-state index < -0.39 is 0 Å². The molecule has 2 aliphatic heterocycles. The first kappa shape index (κ1) is 15.0. The molecule has 2 aliphatic rings. The Bertz CT molecular complexity index is 667. The molecule has 0 spiro atoms. The van der Waals surface area contributed by atoms with Crippen LogP contribution in [0.4, 0.5) is 0 Å². The third kappa shape index (κ3) is 3.14. The van der Waals surface area contributed by atoms with Gasteiger partial charge >= 0.3 is 0 Å². The average Bonchev–Trinajstić information content (AvgIpc) is 3.07. The van der Waals surface area contributed by atoms with Gasteiger partial charge in [-0.25, -0.2) is 0 Å². The molecule has 0 bridgehead atoms. The standard InChI is InChI=1S/C14H11Cl2N3S2/c15-9-1-2-10(11(16)7-9)12-8-20-14(21-12)13-18-4-6-19(13)5-3-17/h1-2,4,6-7,12,18H,5,8H2/t12-/m0/s1. The number of halogens is 2. The first-order chi connectivity index (χ1) is 10.2. The van der Waals surface area contributed by atoms with Gasteiger partial charge in [0.2, 0.25) is 0 Å². The van der Waals surface area contributed by atoms with Crippen LogP contribution in [0.5, 0.6) is 0 Å². The third-order valence-corrected chi connectivity index (χ3v) is 6.60. The van der Waals surface area contributed by atoms with Gasteiger partial charge in [-0.15, -0.1) is 23.5 Å². The van der Waals surface area contributed by atoms with Crippen molar-refractivity contribution in [3.05, 3.63) is 56.3 Å². The summed E-state index contributed by atoms with van der Waals surface area (Å²) in [6.07, 6.45) is 3.73. The van der Waals surface area contributed by atoms with E-state index in [4.69, 9.17) is 28.5 Å². The number of nitrogens with one attached hydrogen (secondary N) is 1. The molecular weight excluding hydrogens is 345 g/mol. The van der Waals surface area contributed by atoms with Gasteiger partial charge in [-0.3, -0.25) is 0 Å². The molecule has 108 valence electrons. The Morgan fingerprint density at radius 3 is 3.05 bits per heavy atom. The summed E-state index contributed by atoms with van der Waals surface area (Å²) < 4.78 is 1.19. The lowest BCUT2D eigenvalue weighted by Crippen LogP contribution is -2.19. The van der Waals surface area contributed by atoms with Crippen molar-refractivity contribution in [2.75, 3.05) is 12.3 Å². The monoisotopic (exact) mass is 355 g/mol. The Hall–Kier alpha value is -0.930. The molecule has 7 heteroatoms. The highest BCUT2D eigenvalue weighted by molar-refractivity contribution is 8.25. The summed E-state index contributed by atoms with van der Waals surface area (Å²) in [6, 6.07) is 7.81. The topological polar surface area (TPSA) is 39.1 Å². The number of benzene rings is 1. The van der Waals surface area contributed by atoms with Crippen molar-refractivity contribution < 1.29 is 0 Å². The van der Waals surface area contributed by atoms with Gasteiger partial charge in [0.25, 0.3) is 0 Å². The van der Waals surface area contributed by atoms with Crippen LogP contribution in [-0.4, -0.2) is 17.2 Å². The fourth-order valence-electron chi connectivity index (χ4n) is 2.14. The Morgan fingerprint density at radius 1 is 1.43 bits per heavy atom. The molecule has 21 heavy (non-hydrogen) atoms. The second-order valence-electron chi connectivity index (χ2n) is 4.47. The van der Waals surface area contributed by atoms with E-state index in [0.29, 0.717) is 21.8 Å². The Labute approximate surface area is 142 Å². The molecule has 1 N–H and O–H groups in total. The number of rotatable bonds is 2. The van der Waals surface area contributed by atoms with Crippen molar-refractivity contribution in [1.82, 2.24) is 10.2 Å². The van der Waals surface area contributed by atoms with Crippen molar-refractivity contribution in [2.45, 2.75) is 5.25 Å². The van der Waals surface area contributed by atoms with E-state index in [1.54, 1.807) is 29.6 Å². The zero-order chi connectivity index (χ0) is 14.8. The third-order valence-electron chi connectivity index (χ3n) is 3.12. The van der Waals surface area contributed by atoms with Gasteiger partial charge in [0.15, 0.2) is 0 Å². The first-order valence-corrected chi connectivity index (χ1v) is 8.86. The summed E-state index contributed by atoms with van der Waals surface area (Å²) in [5.74, 6) is 1.94. The summed E-state index contributed by atoms with van der Waals surface area (Å²) >= 11 is 15.8. The van der Waals surface area contributed by atoms with Crippen LogP contribution in [0.1, 0.15) is 10.8 Å². The molecule has 1 fully saturated rings. The van der Waals surface area contributed by atoms with Crippen LogP contribution in [0.25, 0.3) is 0 Å². The van der Waals surface area contributed by atoms with E-state index in [2.05, 4.69) is 11.4 Å². The molecule has 3 rings (SSSR count). The number of nitrogens with zero attached hydrogens (tertiary/aromatic N) is 2. The van der Waals surface area contributed by atoms with Crippen LogP contribution < -0.4 is 5.32 Å². The summed E-state index contributed by atoms with van der Waals surface area (Å²) in [5, 5.41) is 13.7. The number of thioether (sulfide) groups is 2. The van der Waals surface area contributed by atoms with Crippen LogP contribution in [0.15, 0.2) is 40.7 Å². The fourth-order valence-corrected chi connectivity index (χ4v) is 5.72. The van der Waals surface area contributed by atoms with E-state index in [-0.39, 0.29) is 0 Å². The zero-order valence-corrected chi connectivity index (χ0v) is 14.0. The highest BCUT2D eigenvalue weighted by Gasteiger charge is 2.29. The number of hydrogen-bond donors (Lipinski definition) is 1. The maximum atomic E-state index is 8.86. The van der Waals surface area contributed by atoms with Crippen molar-refractivity contribution >= 4 is 46.7 Å². The molecule has 1 aromatic carbocycles. The zero-order valence-electron chi connectivity index (χ0n) is 10.8. The van der Waals surface area contributed by atoms with Crippen molar-refractivity contribution in [3.63, 3.8) is 0 Å². The van der Waals surface area contributed by atoms with Gasteiger partial charge < -0.3 is 10.2 Å². The second kappa shape index (κ2) is 6.45. The Balaban J connectivity index is 1.81. The maximum absolute atomic E-state index is 8.86. The number of nitriles is 1. The molecule has 0 aromatic heterocycles. The molecule has 0 aliphatic carbocycles. The van der Waals surface area contributed by atoms with E-state index >= 15 is 0 Å². The van der Waals surface area contributed by atoms with Crippen LogP contribution in [0, 0.1) is 11.3 Å². The molecular formula is C14H11Cl2N3S2. The largest absolute Gasteiger partial charge is 0.345 e. The lowest BCUT2D eigenvalue weighted by Gasteiger charge is -2.16. The van der Waals surface area contributed by atoms with Gasteiger partial charge in [0.05, 0.1) is 10.3 Å². The quantitative estimate of drug-likeness (QED) is 0.788. The van der Waals surface area contributed by atoms with Gasteiger partial charge in [-0.2, -0.15) is 5.26 Å². The summed E-state index contributed by atoms with van der Waals surface area (Å²) in [6.45, 7) is 0.343. The Kier molecular flexibility index (Phi) is 4.60. The first-order valence-electron chi connectivity index (χ1n) is 6.24. The molecule has 0 radical (unpaired) electrons. The van der Waals surface area contributed by atoms with Crippen LogP contribution in [0.3, 0.4) is 0 Å². The average molecular weight is 356 g/mol. The van der Waals surface area contributed by atoms with E-state index in [1.165, 1.54) is 4.24 Å². The number of hydrogen-bond acceptors (Lipinski definition) is 5. The van der Waals surface area contributed by atoms with Gasteiger partial charge in [0.1, 0.15) is 12.4 Å². The maximum Gasteiger partial charge on any atom is 0.131 e. The normalized spacial score (nSPS) is 24.2. The molecule has 3 nitrogen and oxygen atoms in total. The SMILES string of the molecule is N#CCN1C=CNC1=C1SC[C@@H](c2ccc(Cl)cc2Cl)S1.